The van der Waals surface area contributed by atoms with Crippen LogP contribution in [0.25, 0.3) is 0 Å². The minimum absolute atomic E-state index is 0.0576. The molecule has 0 bridgehead atoms. The van der Waals surface area contributed by atoms with E-state index in [0.717, 1.165) is 6.07 Å². The highest BCUT2D eigenvalue weighted by atomic mass is 127. The van der Waals surface area contributed by atoms with Gasteiger partial charge in [-0.3, -0.25) is 0 Å². The molecule has 0 aromatic carbocycles. The van der Waals surface area contributed by atoms with Gasteiger partial charge in [0.15, 0.2) is 5.75 Å². The third-order valence-electron chi connectivity index (χ3n) is 1.59. The van der Waals surface area contributed by atoms with Crippen molar-refractivity contribution in [2.45, 2.75) is 13.0 Å². The maximum absolute atomic E-state index is 12.5. The van der Waals surface area contributed by atoms with Gasteiger partial charge in [-0.2, -0.15) is 0 Å². The zero-order valence-electron chi connectivity index (χ0n) is 7.89. The van der Waals surface area contributed by atoms with Crippen molar-refractivity contribution in [3.05, 3.63) is 21.0 Å². The maximum atomic E-state index is 12.5. The maximum Gasteiger partial charge on any atom is 0.573 e. The summed E-state index contributed by atoms with van der Waals surface area (Å²) in [4.78, 5) is 14.2. The third kappa shape index (κ3) is 3.68. The number of hydrogen-bond acceptors (Lipinski definition) is 3. The first-order valence-corrected chi connectivity index (χ1v) is 5.07. The lowest BCUT2D eigenvalue weighted by Crippen LogP contribution is -2.21. The zero-order chi connectivity index (χ0) is 13.2. The molecule has 1 aromatic heterocycles. The molecule has 1 aromatic rings. The van der Waals surface area contributed by atoms with Crippen LogP contribution >= 0.6 is 22.6 Å². The molecule has 0 atom stereocenters. The lowest BCUT2D eigenvalue weighted by molar-refractivity contribution is -0.275. The predicted molar refractivity (Wildman–Crippen MR) is 55.4 cm³/mol. The Hall–Kier alpha value is -1.13. The van der Waals surface area contributed by atoms with Crippen molar-refractivity contribution in [3.63, 3.8) is 0 Å². The molecule has 0 saturated carbocycles. The summed E-state index contributed by atoms with van der Waals surface area (Å²) in [6, 6.07) is 0.864. The molecule has 94 valence electrons. The highest BCUT2D eigenvalue weighted by molar-refractivity contribution is 14.1. The van der Waals surface area contributed by atoms with Crippen LogP contribution in [0.2, 0.25) is 0 Å². The van der Waals surface area contributed by atoms with Gasteiger partial charge in [-0.25, -0.2) is 14.2 Å². The molecule has 0 unspecified atom stereocenters. The summed E-state index contributed by atoms with van der Waals surface area (Å²) in [5.41, 5.74) is -1.49. The Morgan fingerprint density at radius 1 is 1.53 bits per heavy atom. The molecule has 1 heterocycles. The topological polar surface area (TPSA) is 59.4 Å². The summed E-state index contributed by atoms with van der Waals surface area (Å²) in [5, 5.41) is 8.71. The van der Waals surface area contributed by atoms with E-state index in [9.17, 15) is 22.4 Å². The van der Waals surface area contributed by atoms with Crippen molar-refractivity contribution in [2.24, 2.45) is 0 Å². The minimum Gasteiger partial charge on any atom is -0.478 e. The third-order valence-corrected chi connectivity index (χ3v) is 2.14. The fraction of sp³-hybridized carbons (Fsp3) is 0.250. The first kappa shape index (κ1) is 13.9. The fourth-order valence-electron chi connectivity index (χ4n) is 1.03. The van der Waals surface area contributed by atoms with Gasteiger partial charge in [0.2, 0.25) is 0 Å². The Morgan fingerprint density at radius 3 is 2.53 bits per heavy atom. The van der Waals surface area contributed by atoms with Gasteiger partial charge in [0.1, 0.15) is 21.6 Å². The monoisotopic (exact) mass is 365 g/mol. The number of carboxylic acid groups (broad SMARTS) is 1. The molecule has 0 fully saturated rings. The summed E-state index contributed by atoms with van der Waals surface area (Å²) in [7, 11) is 0. The number of alkyl halides is 4. The van der Waals surface area contributed by atoms with Crippen molar-refractivity contribution in [1.29, 1.82) is 0 Å². The second-order valence-electron chi connectivity index (χ2n) is 2.75. The second kappa shape index (κ2) is 5.02. The number of carbonyl (C=O) groups is 1. The standard InChI is InChI=1S/C8H4F4INO3/c9-2-4-6(17-8(10,11)12)3(7(15)16)1-5(13)14-4/h1H,2H2,(H,15,16). The first-order valence-electron chi connectivity index (χ1n) is 3.99. The number of pyridine rings is 1. The van der Waals surface area contributed by atoms with Gasteiger partial charge in [0.05, 0.1) is 0 Å². The minimum atomic E-state index is -5.11. The number of hydrogen-bond donors (Lipinski definition) is 1. The summed E-state index contributed by atoms with van der Waals surface area (Å²) in [6.07, 6.45) is -5.11. The molecular formula is C8H4F4INO3. The molecule has 0 amide bonds. The summed E-state index contributed by atoms with van der Waals surface area (Å²) in [5.74, 6) is -2.77. The number of aromatic nitrogens is 1. The normalized spacial score (nSPS) is 11.4. The molecule has 0 radical (unpaired) electrons. The molecule has 0 spiro atoms. The molecular weight excluding hydrogens is 361 g/mol. The highest BCUT2D eigenvalue weighted by Crippen LogP contribution is 2.30. The van der Waals surface area contributed by atoms with E-state index in [-0.39, 0.29) is 3.70 Å². The van der Waals surface area contributed by atoms with Crippen molar-refractivity contribution >= 4 is 28.6 Å². The Labute approximate surface area is 106 Å². The van der Waals surface area contributed by atoms with Crippen molar-refractivity contribution < 1.29 is 32.2 Å². The van der Waals surface area contributed by atoms with E-state index in [2.05, 4.69) is 9.72 Å². The summed E-state index contributed by atoms with van der Waals surface area (Å²) in [6.45, 7) is -1.36. The van der Waals surface area contributed by atoms with Gasteiger partial charge in [0, 0.05) is 0 Å². The number of aromatic carboxylic acids is 1. The smallest absolute Gasteiger partial charge is 0.478 e. The van der Waals surface area contributed by atoms with Crippen molar-refractivity contribution in [1.82, 2.24) is 4.98 Å². The molecule has 0 aliphatic rings. The highest BCUT2D eigenvalue weighted by Gasteiger charge is 2.35. The SMILES string of the molecule is O=C(O)c1cc(I)nc(CF)c1OC(F)(F)F. The Balaban J connectivity index is 3.37. The fourth-order valence-corrected chi connectivity index (χ4v) is 1.63. The Morgan fingerprint density at radius 2 is 2.12 bits per heavy atom. The molecule has 17 heavy (non-hydrogen) atoms. The van der Waals surface area contributed by atoms with E-state index >= 15 is 0 Å². The van der Waals surface area contributed by atoms with E-state index in [1.54, 1.807) is 22.6 Å². The average Bonchev–Trinajstić information content (AvgIpc) is 2.17. The number of halogens is 5. The van der Waals surface area contributed by atoms with Crippen LogP contribution < -0.4 is 4.74 Å². The van der Waals surface area contributed by atoms with E-state index in [4.69, 9.17) is 5.11 Å². The molecule has 1 rings (SSSR count). The van der Waals surface area contributed by atoms with Gasteiger partial charge in [-0.15, -0.1) is 13.2 Å². The van der Waals surface area contributed by atoms with Crippen LogP contribution in [0.3, 0.4) is 0 Å². The molecule has 4 nitrogen and oxygen atoms in total. The quantitative estimate of drug-likeness (QED) is 0.509. The average molecular weight is 365 g/mol. The van der Waals surface area contributed by atoms with Crippen LogP contribution in [-0.2, 0) is 6.67 Å². The van der Waals surface area contributed by atoms with Crippen LogP contribution in [0.15, 0.2) is 6.07 Å². The molecule has 0 aliphatic heterocycles. The van der Waals surface area contributed by atoms with Crippen LogP contribution in [0.1, 0.15) is 16.1 Å². The molecule has 1 N–H and O–H groups in total. The van der Waals surface area contributed by atoms with Crippen molar-refractivity contribution in [2.75, 3.05) is 0 Å². The first-order chi connectivity index (χ1) is 7.74. The second-order valence-corrected chi connectivity index (χ2v) is 3.86. The van der Waals surface area contributed by atoms with Crippen LogP contribution in [0.5, 0.6) is 5.75 Å². The van der Waals surface area contributed by atoms with Gasteiger partial charge in [-0.1, -0.05) is 0 Å². The number of nitrogens with zero attached hydrogens (tertiary/aromatic N) is 1. The van der Waals surface area contributed by atoms with Crippen LogP contribution in [0.4, 0.5) is 17.6 Å². The van der Waals surface area contributed by atoms with E-state index < -0.39 is 36.0 Å². The van der Waals surface area contributed by atoms with Gasteiger partial charge in [-0.05, 0) is 28.7 Å². The van der Waals surface area contributed by atoms with E-state index in [1.807, 2.05) is 0 Å². The molecule has 0 aliphatic carbocycles. The summed E-state index contributed by atoms with van der Waals surface area (Å²) < 4.78 is 52.1. The van der Waals surface area contributed by atoms with E-state index in [0.29, 0.717) is 0 Å². The van der Waals surface area contributed by atoms with Gasteiger partial charge < -0.3 is 9.84 Å². The van der Waals surface area contributed by atoms with E-state index in [1.165, 1.54) is 0 Å². The molecule has 0 saturated heterocycles. The number of rotatable bonds is 3. The number of ether oxygens (including phenoxy) is 1. The number of carboxylic acids is 1. The lowest BCUT2D eigenvalue weighted by Gasteiger charge is -2.13. The molecule has 9 heteroatoms. The van der Waals surface area contributed by atoms with Gasteiger partial charge >= 0.3 is 12.3 Å². The van der Waals surface area contributed by atoms with Crippen molar-refractivity contribution in [3.8, 4) is 5.75 Å². The zero-order valence-corrected chi connectivity index (χ0v) is 10.0. The Kier molecular flexibility index (Phi) is 4.11. The van der Waals surface area contributed by atoms with Crippen LogP contribution in [-0.4, -0.2) is 22.4 Å². The summed E-state index contributed by atoms with van der Waals surface area (Å²) >= 11 is 1.56. The lowest BCUT2D eigenvalue weighted by atomic mass is 10.2. The Bertz CT molecular complexity index is 449. The predicted octanol–water partition coefficient (Wildman–Crippen LogP) is 2.75. The van der Waals surface area contributed by atoms with Crippen LogP contribution in [0, 0.1) is 3.70 Å². The van der Waals surface area contributed by atoms with Gasteiger partial charge in [0.25, 0.3) is 0 Å². The largest absolute Gasteiger partial charge is 0.573 e.